The van der Waals surface area contributed by atoms with Crippen molar-refractivity contribution in [3.05, 3.63) is 12.1 Å². The fourth-order valence-electron chi connectivity index (χ4n) is 6.29. The largest absolute Gasteiger partial charge is 0.489 e. The molecule has 0 aliphatic carbocycles. The minimum atomic E-state index is 0.718. The van der Waals surface area contributed by atoms with Crippen LogP contribution in [0.2, 0.25) is 0 Å². The van der Waals surface area contributed by atoms with Crippen LogP contribution in [0.4, 0.5) is 5.69 Å². The van der Waals surface area contributed by atoms with Gasteiger partial charge >= 0.3 is 0 Å². The topological polar surface area (TPSA) is 55.3 Å². The number of unbranched alkanes of at least 4 members (excludes halogenated alkanes) is 27. The van der Waals surface area contributed by atoms with Gasteiger partial charge < -0.3 is 19.9 Å². The second-order valence-electron chi connectivity index (χ2n) is 14.0. The Morgan fingerprint density at radius 1 is 0.348 bits per heavy atom. The van der Waals surface area contributed by atoms with E-state index in [1.54, 1.807) is 0 Å². The Morgan fingerprint density at radius 3 is 0.870 bits per heavy atom. The zero-order valence-corrected chi connectivity index (χ0v) is 31.4. The van der Waals surface area contributed by atoms with Gasteiger partial charge in [-0.15, -0.1) is 0 Å². The van der Waals surface area contributed by atoms with Crippen LogP contribution in [0.25, 0.3) is 0 Å². The summed E-state index contributed by atoms with van der Waals surface area (Å²) in [7, 11) is 0. The van der Waals surface area contributed by atoms with Gasteiger partial charge in [0.05, 0.1) is 19.8 Å². The van der Waals surface area contributed by atoms with E-state index in [2.05, 4.69) is 26.5 Å². The van der Waals surface area contributed by atoms with Gasteiger partial charge in [0.2, 0.25) is 5.75 Å². The maximum atomic E-state index is 6.42. The van der Waals surface area contributed by atoms with Crippen LogP contribution in [-0.4, -0.2) is 19.8 Å². The monoisotopic (exact) mass is 647 g/mol. The number of ether oxygens (including phenoxy) is 3. The molecule has 3 N–H and O–H groups in total. The molecule has 270 valence electrons. The van der Waals surface area contributed by atoms with Crippen molar-refractivity contribution in [2.75, 3.05) is 19.8 Å². The minimum Gasteiger partial charge on any atom is -0.489 e. The molecule has 4 nitrogen and oxygen atoms in total. The summed E-state index contributed by atoms with van der Waals surface area (Å²) in [6.07, 6.45) is 39.9. The van der Waals surface area contributed by atoms with Crippen LogP contribution in [0.15, 0.2) is 12.1 Å². The van der Waals surface area contributed by atoms with E-state index in [1.807, 2.05) is 12.1 Å². The zero-order valence-electron chi connectivity index (χ0n) is 31.4. The summed E-state index contributed by atoms with van der Waals surface area (Å²) in [6.45, 7) is 9.04. The van der Waals surface area contributed by atoms with Crippen molar-refractivity contribution in [3.63, 3.8) is 0 Å². The molecule has 0 saturated carbocycles. The van der Waals surface area contributed by atoms with E-state index < -0.39 is 0 Å². The second-order valence-corrected chi connectivity index (χ2v) is 14.0. The molecule has 1 aromatic rings. The molecule has 0 aliphatic heterocycles. The summed E-state index contributed by atoms with van der Waals surface area (Å²) >= 11 is 0. The molecule has 0 amide bonds. The first-order valence-corrected chi connectivity index (χ1v) is 20.6. The molecule has 4 heteroatoms. The van der Waals surface area contributed by atoms with Gasteiger partial charge in [-0.3, -0.25) is 0 Å². The van der Waals surface area contributed by atoms with E-state index >= 15 is 0 Å². The van der Waals surface area contributed by atoms with Gasteiger partial charge in [0.15, 0.2) is 11.5 Å². The highest BCUT2D eigenvalue weighted by Gasteiger charge is 2.16. The zero-order chi connectivity index (χ0) is 33.2. The molecular formula is C42H80NO3+. The third kappa shape index (κ3) is 25.6. The third-order valence-corrected chi connectivity index (χ3v) is 9.34. The minimum absolute atomic E-state index is 0.718. The maximum absolute atomic E-state index is 6.42. The van der Waals surface area contributed by atoms with Crippen LogP contribution in [0.1, 0.15) is 213 Å². The SMILES string of the molecule is CCCCCCCCCCCCOc1cc([NH3+])cc(OCCCCCCCCCCCC)c1OCCCCCCCCCCCC. The highest BCUT2D eigenvalue weighted by Crippen LogP contribution is 2.40. The molecule has 0 radical (unpaired) electrons. The molecule has 0 aliphatic rings. The summed E-state index contributed by atoms with van der Waals surface area (Å²) in [5.41, 5.74) is 5.17. The summed E-state index contributed by atoms with van der Waals surface area (Å²) in [5, 5.41) is 0. The lowest BCUT2D eigenvalue weighted by Crippen LogP contribution is -2.40. The van der Waals surface area contributed by atoms with Gasteiger partial charge in [-0.25, -0.2) is 0 Å². The number of benzene rings is 1. The lowest BCUT2D eigenvalue weighted by molar-refractivity contribution is -0.255. The molecule has 0 saturated heterocycles. The maximum Gasteiger partial charge on any atom is 0.204 e. The fraction of sp³-hybridized carbons (Fsp3) is 0.857. The Kier molecular flexibility index (Phi) is 31.0. The number of rotatable bonds is 36. The van der Waals surface area contributed by atoms with Crippen LogP contribution in [-0.2, 0) is 0 Å². The molecule has 1 rings (SSSR count). The van der Waals surface area contributed by atoms with E-state index in [4.69, 9.17) is 14.2 Å². The lowest BCUT2D eigenvalue weighted by atomic mass is 10.1. The van der Waals surface area contributed by atoms with Crippen LogP contribution in [0, 0.1) is 0 Å². The first-order chi connectivity index (χ1) is 22.7. The standard InChI is InChI=1S/C42H79NO3/c1-4-7-10-13-16-19-22-25-28-31-34-44-40-37-39(43)38-41(45-35-32-29-26-23-20-17-14-11-8-5-2)42(40)46-36-33-30-27-24-21-18-15-12-9-6-3/h37-38H,4-36,43H2,1-3H3/p+1. The van der Waals surface area contributed by atoms with E-state index in [1.165, 1.54) is 173 Å². The van der Waals surface area contributed by atoms with Crippen molar-refractivity contribution >= 4 is 5.69 Å². The summed E-state index contributed by atoms with van der Waals surface area (Å²) < 4.78 is 19.1. The van der Waals surface area contributed by atoms with Crippen molar-refractivity contribution in [2.45, 2.75) is 213 Å². The summed E-state index contributed by atoms with van der Waals surface area (Å²) in [5.74, 6) is 2.42. The molecule has 0 unspecified atom stereocenters. The van der Waals surface area contributed by atoms with Crippen molar-refractivity contribution in [2.24, 2.45) is 0 Å². The van der Waals surface area contributed by atoms with Crippen molar-refractivity contribution < 1.29 is 19.9 Å². The van der Waals surface area contributed by atoms with Crippen LogP contribution < -0.4 is 19.9 Å². The quantitative estimate of drug-likeness (QED) is 0.0738. The predicted molar refractivity (Wildman–Crippen MR) is 201 cm³/mol. The molecule has 0 spiro atoms. The van der Waals surface area contributed by atoms with Gasteiger partial charge in [0.25, 0.3) is 0 Å². The Labute approximate surface area is 287 Å². The summed E-state index contributed by atoms with van der Waals surface area (Å²) in [6, 6.07) is 4.08. The third-order valence-electron chi connectivity index (χ3n) is 9.34. The summed E-state index contributed by atoms with van der Waals surface area (Å²) in [4.78, 5) is 0. The first-order valence-electron chi connectivity index (χ1n) is 20.6. The smallest absolute Gasteiger partial charge is 0.204 e. The molecule has 0 atom stereocenters. The van der Waals surface area contributed by atoms with Crippen LogP contribution in [0.3, 0.4) is 0 Å². The Bertz CT molecular complexity index is 720. The average molecular weight is 647 g/mol. The first kappa shape index (κ1) is 42.6. The number of hydrogen-bond acceptors (Lipinski definition) is 3. The molecule has 0 fully saturated rings. The molecular weight excluding hydrogens is 566 g/mol. The van der Waals surface area contributed by atoms with Gasteiger partial charge in [0, 0.05) is 12.1 Å². The van der Waals surface area contributed by atoms with Gasteiger partial charge in [-0.2, -0.15) is 0 Å². The predicted octanol–water partition coefficient (Wildman–Crippen LogP) is 13.5. The van der Waals surface area contributed by atoms with Crippen molar-refractivity contribution in [3.8, 4) is 17.2 Å². The van der Waals surface area contributed by atoms with E-state index in [9.17, 15) is 0 Å². The van der Waals surface area contributed by atoms with Gasteiger partial charge in [-0.1, -0.05) is 194 Å². The molecule has 0 bridgehead atoms. The molecule has 0 heterocycles. The van der Waals surface area contributed by atoms with E-state index in [0.717, 1.165) is 62.0 Å². The Morgan fingerprint density at radius 2 is 0.587 bits per heavy atom. The highest BCUT2D eigenvalue weighted by molar-refractivity contribution is 5.57. The number of quaternary nitrogens is 1. The number of hydrogen-bond donors (Lipinski definition) is 1. The molecule has 46 heavy (non-hydrogen) atoms. The molecule has 1 aromatic carbocycles. The fourth-order valence-corrected chi connectivity index (χ4v) is 6.29. The van der Waals surface area contributed by atoms with E-state index in [-0.39, 0.29) is 0 Å². The molecule has 0 aromatic heterocycles. The Balaban J connectivity index is 2.47. The van der Waals surface area contributed by atoms with Crippen LogP contribution >= 0.6 is 0 Å². The van der Waals surface area contributed by atoms with Gasteiger partial charge in [0.1, 0.15) is 5.69 Å². The average Bonchev–Trinajstić information content (AvgIpc) is 3.05. The van der Waals surface area contributed by atoms with E-state index in [0.29, 0.717) is 0 Å². The lowest BCUT2D eigenvalue weighted by Gasteiger charge is -2.17. The second kappa shape index (κ2) is 33.5. The van der Waals surface area contributed by atoms with Crippen molar-refractivity contribution in [1.29, 1.82) is 0 Å². The Hall–Kier alpha value is -1.42. The van der Waals surface area contributed by atoms with Gasteiger partial charge in [-0.05, 0) is 19.3 Å². The highest BCUT2D eigenvalue weighted by atomic mass is 16.5. The van der Waals surface area contributed by atoms with Crippen molar-refractivity contribution in [1.82, 2.24) is 0 Å². The van der Waals surface area contributed by atoms with Crippen LogP contribution in [0.5, 0.6) is 17.2 Å². The normalized spacial score (nSPS) is 11.3.